The van der Waals surface area contributed by atoms with Gasteiger partial charge in [-0.3, -0.25) is 9.69 Å². The van der Waals surface area contributed by atoms with Gasteiger partial charge in [0.1, 0.15) is 0 Å². The molecule has 2 fully saturated rings. The molecular weight excluding hydrogens is 319 g/mol. The van der Waals surface area contributed by atoms with Crippen molar-refractivity contribution in [1.82, 2.24) is 9.80 Å². The molecule has 1 aromatic rings. The molecule has 1 saturated carbocycles. The van der Waals surface area contributed by atoms with E-state index in [1.807, 2.05) is 11.0 Å². The van der Waals surface area contributed by atoms with Crippen molar-refractivity contribution in [2.75, 3.05) is 26.2 Å². The third kappa shape index (κ3) is 3.76. The molecule has 1 heterocycles. The maximum atomic E-state index is 12.4. The highest BCUT2D eigenvalue weighted by molar-refractivity contribution is 6.42. The summed E-state index contributed by atoms with van der Waals surface area (Å²) in [6.45, 7) is 3.71. The molecule has 2 aliphatic rings. The van der Waals surface area contributed by atoms with E-state index in [1.54, 1.807) is 12.1 Å². The number of piperazine rings is 1. The van der Waals surface area contributed by atoms with Crippen LogP contribution in [0.25, 0.3) is 0 Å². The molecule has 1 amide bonds. The van der Waals surface area contributed by atoms with Gasteiger partial charge in [0.05, 0.1) is 16.5 Å². The molecule has 0 bridgehead atoms. The zero-order valence-electron chi connectivity index (χ0n) is 12.7. The average Bonchev–Trinajstić information content (AvgIpc) is 3.05. The Morgan fingerprint density at radius 3 is 2.36 bits per heavy atom. The molecule has 0 aromatic heterocycles. The number of carbonyl (C=O) groups is 1. The smallest absolute Gasteiger partial charge is 0.227 e. The summed E-state index contributed by atoms with van der Waals surface area (Å²) in [5.74, 6) is 0.185. The van der Waals surface area contributed by atoms with Crippen LogP contribution in [-0.4, -0.2) is 47.9 Å². The molecule has 3 rings (SSSR count). The van der Waals surface area contributed by atoms with Crippen LogP contribution in [0.5, 0.6) is 0 Å². The first-order valence-electron chi connectivity index (χ1n) is 8.09. The Bertz CT molecular complexity index is 535. The Morgan fingerprint density at radius 2 is 1.73 bits per heavy atom. The fraction of sp³-hybridized carbons (Fsp3) is 0.588. The first kappa shape index (κ1) is 16.1. The minimum Gasteiger partial charge on any atom is -0.340 e. The zero-order chi connectivity index (χ0) is 15.5. The van der Waals surface area contributed by atoms with Crippen LogP contribution in [0.3, 0.4) is 0 Å². The number of nitrogens with zero attached hydrogens (tertiary/aromatic N) is 2. The van der Waals surface area contributed by atoms with E-state index in [2.05, 4.69) is 4.90 Å². The van der Waals surface area contributed by atoms with Crippen LogP contribution in [0.2, 0.25) is 10.0 Å². The second kappa shape index (κ2) is 7.20. The number of amides is 1. The van der Waals surface area contributed by atoms with Crippen LogP contribution in [0, 0.1) is 0 Å². The lowest BCUT2D eigenvalue weighted by Gasteiger charge is -2.38. The lowest BCUT2D eigenvalue weighted by molar-refractivity contribution is -0.132. The molecule has 5 heteroatoms. The van der Waals surface area contributed by atoms with E-state index in [-0.39, 0.29) is 5.91 Å². The van der Waals surface area contributed by atoms with Gasteiger partial charge in [-0.25, -0.2) is 0 Å². The zero-order valence-corrected chi connectivity index (χ0v) is 14.2. The normalized spacial score (nSPS) is 20.5. The molecule has 0 atom stereocenters. The molecule has 3 nitrogen and oxygen atoms in total. The number of rotatable bonds is 3. The Balaban J connectivity index is 1.52. The van der Waals surface area contributed by atoms with Crippen molar-refractivity contribution in [3.05, 3.63) is 33.8 Å². The van der Waals surface area contributed by atoms with Crippen molar-refractivity contribution in [3.8, 4) is 0 Å². The van der Waals surface area contributed by atoms with Crippen LogP contribution in [0.4, 0.5) is 0 Å². The van der Waals surface area contributed by atoms with E-state index < -0.39 is 0 Å². The standard InChI is InChI=1S/C17H22Cl2N2O/c18-15-6-5-13(11-16(15)19)12-17(22)21-9-7-20(8-10-21)14-3-1-2-4-14/h5-6,11,14H,1-4,7-10,12H2. The van der Waals surface area contributed by atoms with Crippen LogP contribution >= 0.6 is 23.2 Å². The molecule has 1 aromatic carbocycles. The van der Waals surface area contributed by atoms with Gasteiger partial charge >= 0.3 is 0 Å². The van der Waals surface area contributed by atoms with Crippen molar-refractivity contribution in [3.63, 3.8) is 0 Å². The fourth-order valence-corrected chi connectivity index (χ4v) is 3.86. The Hall–Kier alpha value is -0.770. The van der Waals surface area contributed by atoms with Crippen molar-refractivity contribution in [1.29, 1.82) is 0 Å². The van der Waals surface area contributed by atoms with E-state index in [1.165, 1.54) is 25.7 Å². The lowest BCUT2D eigenvalue weighted by Crippen LogP contribution is -2.51. The molecule has 0 N–H and O–H groups in total. The van der Waals surface area contributed by atoms with Crippen molar-refractivity contribution < 1.29 is 4.79 Å². The van der Waals surface area contributed by atoms with Crippen molar-refractivity contribution in [2.45, 2.75) is 38.1 Å². The van der Waals surface area contributed by atoms with E-state index in [4.69, 9.17) is 23.2 Å². The van der Waals surface area contributed by atoms with Gasteiger partial charge < -0.3 is 4.90 Å². The SMILES string of the molecule is O=C(Cc1ccc(Cl)c(Cl)c1)N1CCN(C2CCCC2)CC1. The molecule has 1 saturated heterocycles. The highest BCUT2D eigenvalue weighted by Gasteiger charge is 2.27. The number of hydrogen-bond acceptors (Lipinski definition) is 2. The van der Waals surface area contributed by atoms with Crippen LogP contribution in [0.1, 0.15) is 31.2 Å². The first-order valence-corrected chi connectivity index (χ1v) is 8.85. The number of carbonyl (C=O) groups excluding carboxylic acids is 1. The third-order valence-electron chi connectivity index (χ3n) is 4.85. The fourth-order valence-electron chi connectivity index (χ4n) is 3.54. The lowest BCUT2D eigenvalue weighted by atomic mass is 10.1. The number of benzene rings is 1. The Morgan fingerprint density at radius 1 is 1.05 bits per heavy atom. The quantitative estimate of drug-likeness (QED) is 0.838. The second-order valence-electron chi connectivity index (χ2n) is 6.28. The molecule has 1 aliphatic heterocycles. The molecule has 0 unspecified atom stereocenters. The van der Waals surface area contributed by atoms with Crippen molar-refractivity contribution in [2.24, 2.45) is 0 Å². The van der Waals surface area contributed by atoms with Crippen molar-refractivity contribution >= 4 is 29.1 Å². The highest BCUT2D eigenvalue weighted by atomic mass is 35.5. The highest BCUT2D eigenvalue weighted by Crippen LogP contribution is 2.25. The van der Waals surface area contributed by atoms with Gasteiger partial charge in [0, 0.05) is 32.2 Å². The van der Waals surface area contributed by atoms with Gasteiger partial charge in [-0.15, -0.1) is 0 Å². The minimum atomic E-state index is 0.185. The number of hydrogen-bond donors (Lipinski definition) is 0. The topological polar surface area (TPSA) is 23.6 Å². The molecule has 1 aliphatic carbocycles. The summed E-state index contributed by atoms with van der Waals surface area (Å²) in [6.07, 6.45) is 5.79. The van der Waals surface area contributed by atoms with Crippen LogP contribution in [0.15, 0.2) is 18.2 Å². The Labute approximate surface area is 142 Å². The molecule has 0 radical (unpaired) electrons. The predicted molar refractivity (Wildman–Crippen MR) is 90.6 cm³/mol. The van der Waals surface area contributed by atoms with Crippen LogP contribution < -0.4 is 0 Å². The van der Waals surface area contributed by atoms with Gasteiger partial charge in [-0.1, -0.05) is 42.1 Å². The second-order valence-corrected chi connectivity index (χ2v) is 7.09. The summed E-state index contributed by atoms with van der Waals surface area (Å²) in [5.41, 5.74) is 0.928. The van der Waals surface area contributed by atoms with Crippen LogP contribution in [-0.2, 0) is 11.2 Å². The average molecular weight is 341 g/mol. The molecule has 120 valence electrons. The molecule has 0 spiro atoms. The monoisotopic (exact) mass is 340 g/mol. The van der Waals surface area contributed by atoms with Gasteiger partial charge in [-0.05, 0) is 30.5 Å². The van der Waals surface area contributed by atoms with E-state index in [9.17, 15) is 4.79 Å². The maximum absolute atomic E-state index is 12.4. The van der Waals surface area contributed by atoms with Gasteiger partial charge in [0.25, 0.3) is 0 Å². The molecule has 22 heavy (non-hydrogen) atoms. The maximum Gasteiger partial charge on any atom is 0.227 e. The van der Waals surface area contributed by atoms with Gasteiger partial charge in [0.15, 0.2) is 0 Å². The minimum absolute atomic E-state index is 0.185. The number of halogens is 2. The summed E-state index contributed by atoms with van der Waals surface area (Å²) < 4.78 is 0. The van der Waals surface area contributed by atoms with E-state index in [0.29, 0.717) is 16.5 Å². The summed E-state index contributed by atoms with van der Waals surface area (Å²) in [6, 6.07) is 6.18. The van der Waals surface area contributed by atoms with E-state index in [0.717, 1.165) is 37.8 Å². The van der Waals surface area contributed by atoms with E-state index >= 15 is 0 Å². The van der Waals surface area contributed by atoms with Gasteiger partial charge in [0.2, 0.25) is 5.91 Å². The first-order chi connectivity index (χ1) is 10.6. The summed E-state index contributed by atoms with van der Waals surface area (Å²) in [5, 5.41) is 1.04. The third-order valence-corrected chi connectivity index (χ3v) is 5.59. The largest absolute Gasteiger partial charge is 0.340 e. The molecular formula is C17H22Cl2N2O. The van der Waals surface area contributed by atoms with Gasteiger partial charge in [-0.2, -0.15) is 0 Å². The summed E-state index contributed by atoms with van der Waals surface area (Å²) >= 11 is 11.9. The summed E-state index contributed by atoms with van der Waals surface area (Å²) in [4.78, 5) is 17.0. The predicted octanol–water partition coefficient (Wildman–Crippen LogP) is 3.62. The Kier molecular flexibility index (Phi) is 5.27. The summed E-state index contributed by atoms with van der Waals surface area (Å²) in [7, 11) is 0.